The summed E-state index contributed by atoms with van der Waals surface area (Å²) in [5.41, 5.74) is 1.20. The third kappa shape index (κ3) is 5.78. The number of aliphatic imine (C=N–C) groups is 1. The standard InChI is InChI=1S/C20H32ClN5/c1-22-20(23-10-2-3-11-25-12-4-5-13-25)24-18-9-14-26(16-18)19-8-6-7-17(21)15-19/h6-8,15,18H,2-5,9-14,16H2,1H3,(H2,22,23,24). The highest BCUT2D eigenvalue weighted by molar-refractivity contribution is 6.30. The van der Waals surface area contributed by atoms with E-state index in [1.807, 2.05) is 25.2 Å². The van der Waals surface area contributed by atoms with Gasteiger partial charge in [-0.25, -0.2) is 0 Å². The van der Waals surface area contributed by atoms with Crippen molar-refractivity contribution in [3.05, 3.63) is 29.3 Å². The van der Waals surface area contributed by atoms with Gasteiger partial charge in [-0.3, -0.25) is 4.99 Å². The van der Waals surface area contributed by atoms with Crippen molar-refractivity contribution in [3.8, 4) is 0 Å². The van der Waals surface area contributed by atoms with Crippen molar-refractivity contribution in [3.63, 3.8) is 0 Å². The number of hydrogen-bond acceptors (Lipinski definition) is 3. The summed E-state index contributed by atoms with van der Waals surface area (Å²) in [5.74, 6) is 0.920. The van der Waals surface area contributed by atoms with Crippen LogP contribution in [-0.4, -0.2) is 63.2 Å². The van der Waals surface area contributed by atoms with Crippen molar-refractivity contribution < 1.29 is 0 Å². The Hall–Kier alpha value is -1.46. The molecule has 3 rings (SSSR count). The zero-order valence-electron chi connectivity index (χ0n) is 15.9. The van der Waals surface area contributed by atoms with E-state index in [0.29, 0.717) is 6.04 Å². The van der Waals surface area contributed by atoms with Crippen LogP contribution in [0, 0.1) is 0 Å². The number of nitrogens with zero attached hydrogens (tertiary/aromatic N) is 3. The molecule has 0 bridgehead atoms. The minimum Gasteiger partial charge on any atom is -0.369 e. The molecule has 2 saturated heterocycles. The van der Waals surface area contributed by atoms with Gasteiger partial charge in [0.2, 0.25) is 0 Å². The Bertz CT molecular complexity index is 585. The minimum atomic E-state index is 0.421. The fraction of sp³-hybridized carbons (Fsp3) is 0.650. The van der Waals surface area contributed by atoms with Gasteiger partial charge in [0.05, 0.1) is 0 Å². The lowest BCUT2D eigenvalue weighted by Crippen LogP contribution is -2.44. The molecule has 2 aliphatic rings. The molecule has 0 spiro atoms. The number of halogens is 1. The minimum absolute atomic E-state index is 0.421. The quantitative estimate of drug-likeness (QED) is 0.435. The van der Waals surface area contributed by atoms with E-state index in [-0.39, 0.29) is 0 Å². The Morgan fingerprint density at radius 3 is 2.85 bits per heavy atom. The molecule has 2 heterocycles. The van der Waals surface area contributed by atoms with E-state index < -0.39 is 0 Å². The summed E-state index contributed by atoms with van der Waals surface area (Å²) in [4.78, 5) is 9.34. The van der Waals surface area contributed by atoms with Gasteiger partial charge in [0, 0.05) is 43.4 Å². The predicted octanol–water partition coefficient (Wildman–Crippen LogP) is 2.96. The van der Waals surface area contributed by atoms with Crippen LogP contribution in [0.4, 0.5) is 5.69 Å². The molecular formula is C20H32ClN5. The summed E-state index contributed by atoms with van der Waals surface area (Å²) in [6.45, 7) is 6.84. The van der Waals surface area contributed by atoms with Crippen LogP contribution < -0.4 is 15.5 Å². The van der Waals surface area contributed by atoms with Crippen LogP contribution in [0.25, 0.3) is 0 Å². The highest BCUT2D eigenvalue weighted by atomic mass is 35.5. The molecule has 2 N–H and O–H groups in total. The molecule has 1 aromatic carbocycles. The smallest absolute Gasteiger partial charge is 0.191 e. The second-order valence-corrected chi connectivity index (χ2v) is 7.75. The first-order chi connectivity index (χ1) is 12.7. The second kappa shape index (κ2) is 10.0. The van der Waals surface area contributed by atoms with Crippen molar-refractivity contribution in [1.82, 2.24) is 15.5 Å². The van der Waals surface area contributed by atoms with Crippen LogP contribution in [0.2, 0.25) is 5.02 Å². The van der Waals surface area contributed by atoms with Gasteiger partial charge in [-0.1, -0.05) is 17.7 Å². The molecule has 0 aromatic heterocycles. The molecular weight excluding hydrogens is 346 g/mol. The largest absolute Gasteiger partial charge is 0.369 e. The molecule has 26 heavy (non-hydrogen) atoms. The number of benzene rings is 1. The molecule has 0 radical (unpaired) electrons. The molecule has 0 amide bonds. The molecule has 1 atom stereocenters. The lowest BCUT2D eigenvalue weighted by Gasteiger charge is -2.20. The van der Waals surface area contributed by atoms with Gasteiger partial charge >= 0.3 is 0 Å². The van der Waals surface area contributed by atoms with Crippen LogP contribution in [-0.2, 0) is 0 Å². The SMILES string of the molecule is CN=C(NCCCCN1CCCC1)NC1CCN(c2cccc(Cl)c2)C1. The zero-order chi connectivity index (χ0) is 18.2. The lowest BCUT2D eigenvalue weighted by atomic mass is 10.2. The molecule has 5 nitrogen and oxygen atoms in total. The molecule has 6 heteroatoms. The Kier molecular flexibility index (Phi) is 7.44. The highest BCUT2D eigenvalue weighted by Crippen LogP contribution is 2.23. The highest BCUT2D eigenvalue weighted by Gasteiger charge is 2.23. The molecule has 2 aliphatic heterocycles. The van der Waals surface area contributed by atoms with Gasteiger partial charge in [-0.15, -0.1) is 0 Å². The summed E-state index contributed by atoms with van der Waals surface area (Å²) >= 11 is 6.12. The Labute approximate surface area is 162 Å². The van der Waals surface area contributed by atoms with E-state index >= 15 is 0 Å². The number of rotatable bonds is 7. The van der Waals surface area contributed by atoms with Gasteiger partial charge < -0.3 is 20.4 Å². The van der Waals surface area contributed by atoms with Crippen LogP contribution in [0.3, 0.4) is 0 Å². The van der Waals surface area contributed by atoms with Crippen LogP contribution >= 0.6 is 11.6 Å². The van der Waals surface area contributed by atoms with E-state index in [0.717, 1.165) is 37.0 Å². The number of nitrogens with one attached hydrogen (secondary N) is 2. The van der Waals surface area contributed by atoms with Gasteiger partial charge in [-0.05, 0) is 69.9 Å². The average molecular weight is 378 g/mol. The molecule has 1 aromatic rings. The second-order valence-electron chi connectivity index (χ2n) is 7.31. The molecule has 0 saturated carbocycles. The topological polar surface area (TPSA) is 42.9 Å². The van der Waals surface area contributed by atoms with Gasteiger partial charge in [0.1, 0.15) is 0 Å². The zero-order valence-corrected chi connectivity index (χ0v) is 16.6. The maximum atomic E-state index is 6.12. The molecule has 1 unspecified atom stereocenters. The Balaban J connectivity index is 1.34. The van der Waals surface area contributed by atoms with Gasteiger partial charge in [0.25, 0.3) is 0 Å². The third-order valence-corrected chi connectivity index (χ3v) is 5.55. The summed E-state index contributed by atoms with van der Waals surface area (Å²) in [7, 11) is 1.85. The lowest BCUT2D eigenvalue weighted by molar-refractivity contribution is 0.330. The fourth-order valence-electron chi connectivity index (χ4n) is 3.85. The van der Waals surface area contributed by atoms with Gasteiger partial charge in [-0.2, -0.15) is 0 Å². The Morgan fingerprint density at radius 2 is 2.08 bits per heavy atom. The van der Waals surface area contributed by atoms with E-state index in [4.69, 9.17) is 11.6 Å². The van der Waals surface area contributed by atoms with Crippen molar-refractivity contribution in [2.75, 3.05) is 51.2 Å². The van der Waals surface area contributed by atoms with Crippen LogP contribution in [0.1, 0.15) is 32.1 Å². The first-order valence-electron chi connectivity index (χ1n) is 9.94. The predicted molar refractivity (Wildman–Crippen MR) is 111 cm³/mol. The average Bonchev–Trinajstić information content (AvgIpc) is 3.32. The monoisotopic (exact) mass is 377 g/mol. The maximum absolute atomic E-state index is 6.12. The number of likely N-dealkylation sites (tertiary alicyclic amines) is 1. The van der Waals surface area contributed by atoms with Crippen molar-refractivity contribution in [1.29, 1.82) is 0 Å². The van der Waals surface area contributed by atoms with Gasteiger partial charge in [0.15, 0.2) is 5.96 Å². The normalized spacial score (nSPS) is 21.4. The van der Waals surface area contributed by atoms with Crippen molar-refractivity contribution >= 4 is 23.2 Å². The maximum Gasteiger partial charge on any atom is 0.191 e. The number of unbranched alkanes of at least 4 members (excludes halogenated alkanes) is 1. The summed E-state index contributed by atoms with van der Waals surface area (Å²) in [6.07, 6.45) is 6.32. The van der Waals surface area contributed by atoms with E-state index in [1.165, 1.54) is 51.0 Å². The fourth-order valence-corrected chi connectivity index (χ4v) is 4.03. The number of guanidine groups is 1. The van der Waals surface area contributed by atoms with E-state index in [9.17, 15) is 0 Å². The number of anilines is 1. The molecule has 144 valence electrons. The summed E-state index contributed by atoms with van der Waals surface area (Å²) < 4.78 is 0. The van der Waals surface area contributed by atoms with E-state index in [1.54, 1.807) is 0 Å². The Morgan fingerprint density at radius 1 is 1.23 bits per heavy atom. The van der Waals surface area contributed by atoms with E-state index in [2.05, 4.69) is 31.5 Å². The first-order valence-corrected chi connectivity index (χ1v) is 10.3. The van der Waals surface area contributed by atoms with Crippen molar-refractivity contribution in [2.24, 2.45) is 4.99 Å². The van der Waals surface area contributed by atoms with Crippen LogP contribution in [0.15, 0.2) is 29.3 Å². The summed E-state index contributed by atoms with van der Waals surface area (Å²) in [6, 6.07) is 8.52. The number of hydrogen-bond donors (Lipinski definition) is 2. The van der Waals surface area contributed by atoms with Crippen molar-refractivity contribution in [2.45, 2.75) is 38.1 Å². The third-order valence-electron chi connectivity index (χ3n) is 5.32. The molecule has 2 fully saturated rings. The van der Waals surface area contributed by atoms with Crippen LogP contribution in [0.5, 0.6) is 0 Å². The molecule has 0 aliphatic carbocycles. The first kappa shape index (κ1) is 19.3. The summed E-state index contributed by atoms with van der Waals surface area (Å²) in [5, 5.41) is 7.83.